The zero-order valence-corrected chi connectivity index (χ0v) is 24.2. The van der Waals surface area contributed by atoms with Crippen molar-refractivity contribution in [2.24, 2.45) is 0 Å². The number of hydrogen-bond acceptors (Lipinski definition) is 6. The third kappa shape index (κ3) is 5.59. The summed E-state index contributed by atoms with van der Waals surface area (Å²) in [5.74, 6) is -0.475. The van der Waals surface area contributed by atoms with Crippen molar-refractivity contribution in [3.8, 4) is 5.75 Å². The SMILES string of the molecule is COC(=O)[C@]1(O)CC(=O)N(C)CCC=CCCCCN2C[C@@]3(CCCc4cc(Cl)ccc43)COc3ccc1cc32. The summed E-state index contributed by atoms with van der Waals surface area (Å²) in [6.07, 6.45) is 10.6. The fourth-order valence-corrected chi connectivity index (χ4v) is 6.61. The highest BCUT2D eigenvalue weighted by Crippen LogP contribution is 2.45. The number of carbonyl (C=O) groups excluding carboxylic acids is 2. The standard InChI is InChI=1S/C32H39ClN2O5/c1-34-16-7-5-3-4-6-8-17-35-21-31(15-9-10-23-18-25(33)12-13-26(23)31)22-40-28-14-11-24(19-27(28)35)32(38,20-29(34)36)30(37)39-2/h3,5,11-14,18-19,38H,4,6-10,15-17,20-22H2,1-2H3/t31-,32-/m0/s1. The highest BCUT2D eigenvalue weighted by molar-refractivity contribution is 6.30. The molecule has 0 saturated carbocycles. The molecule has 0 unspecified atom stereocenters. The van der Waals surface area contributed by atoms with Gasteiger partial charge in [0, 0.05) is 37.1 Å². The van der Waals surface area contributed by atoms with E-state index in [0.717, 1.165) is 62.3 Å². The quantitative estimate of drug-likeness (QED) is 0.380. The van der Waals surface area contributed by atoms with Crippen LogP contribution in [0.1, 0.15) is 61.6 Å². The summed E-state index contributed by atoms with van der Waals surface area (Å²) in [5, 5.41) is 12.5. The molecular formula is C32H39ClN2O5. The Labute approximate surface area is 241 Å². The van der Waals surface area contributed by atoms with Gasteiger partial charge in [-0.25, -0.2) is 4.79 Å². The summed E-state index contributed by atoms with van der Waals surface area (Å²) in [5.41, 5.74) is 1.37. The zero-order valence-electron chi connectivity index (χ0n) is 23.5. The second-order valence-electron chi connectivity index (χ2n) is 11.4. The van der Waals surface area contributed by atoms with Gasteiger partial charge >= 0.3 is 5.97 Å². The van der Waals surface area contributed by atoms with Gasteiger partial charge in [-0.3, -0.25) is 4.79 Å². The van der Waals surface area contributed by atoms with Crippen LogP contribution in [0.4, 0.5) is 5.69 Å². The lowest BCUT2D eigenvalue weighted by atomic mass is 9.70. The minimum Gasteiger partial charge on any atom is -0.490 e. The third-order valence-corrected chi connectivity index (χ3v) is 8.95. The van der Waals surface area contributed by atoms with Gasteiger partial charge in [0.15, 0.2) is 5.60 Å². The molecule has 1 spiro atoms. The van der Waals surface area contributed by atoms with E-state index in [4.69, 9.17) is 21.1 Å². The number of hydrogen-bond donors (Lipinski definition) is 1. The molecule has 1 aliphatic carbocycles. The summed E-state index contributed by atoms with van der Waals surface area (Å²) in [6, 6.07) is 11.5. The van der Waals surface area contributed by atoms with E-state index in [1.165, 1.54) is 18.2 Å². The fraction of sp³-hybridized carbons (Fsp3) is 0.500. The number of aliphatic hydroxyl groups is 1. The van der Waals surface area contributed by atoms with Gasteiger partial charge in [-0.15, -0.1) is 0 Å². The van der Waals surface area contributed by atoms with Crippen molar-refractivity contribution >= 4 is 29.2 Å². The highest BCUT2D eigenvalue weighted by Gasteiger charge is 2.45. The molecule has 2 aliphatic heterocycles. The minimum atomic E-state index is -2.12. The van der Waals surface area contributed by atoms with E-state index < -0.39 is 18.0 Å². The second-order valence-corrected chi connectivity index (χ2v) is 11.9. The van der Waals surface area contributed by atoms with Gasteiger partial charge in [-0.1, -0.05) is 35.9 Å². The predicted molar refractivity (Wildman–Crippen MR) is 156 cm³/mol. The van der Waals surface area contributed by atoms with E-state index in [1.54, 1.807) is 18.0 Å². The van der Waals surface area contributed by atoms with Gasteiger partial charge in [0.25, 0.3) is 0 Å². The first-order valence-corrected chi connectivity index (χ1v) is 14.6. The summed E-state index contributed by atoms with van der Waals surface area (Å²) >= 11 is 6.37. The highest BCUT2D eigenvalue weighted by atomic mass is 35.5. The third-order valence-electron chi connectivity index (χ3n) is 8.72. The monoisotopic (exact) mass is 566 g/mol. The number of anilines is 1. The van der Waals surface area contributed by atoms with E-state index in [0.29, 0.717) is 30.9 Å². The van der Waals surface area contributed by atoms with Crippen molar-refractivity contribution in [2.45, 2.75) is 62.4 Å². The molecule has 5 rings (SSSR count). The van der Waals surface area contributed by atoms with Crippen LogP contribution in [0.5, 0.6) is 5.75 Å². The summed E-state index contributed by atoms with van der Waals surface area (Å²) in [6.45, 7) is 2.58. The summed E-state index contributed by atoms with van der Waals surface area (Å²) < 4.78 is 11.5. The number of carbonyl (C=O) groups is 2. The van der Waals surface area contributed by atoms with Gasteiger partial charge in [0.05, 0.1) is 25.8 Å². The first-order chi connectivity index (χ1) is 19.3. The Kier molecular flexibility index (Phi) is 8.43. The molecule has 2 heterocycles. The minimum absolute atomic E-state index is 0.213. The Morgan fingerprint density at radius 2 is 1.90 bits per heavy atom. The first kappa shape index (κ1) is 28.5. The number of benzene rings is 2. The molecule has 1 amide bonds. The molecule has 8 heteroatoms. The molecule has 2 atom stereocenters. The number of allylic oxidation sites excluding steroid dienone is 1. The van der Waals surface area contributed by atoms with Crippen LogP contribution >= 0.6 is 11.6 Å². The van der Waals surface area contributed by atoms with Crippen molar-refractivity contribution in [1.29, 1.82) is 0 Å². The lowest BCUT2D eigenvalue weighted by Crippen LogP contribution is -2.46. The number of amides is 1. The second kappa shape index (κ2) is 11.8. The maximum Gasteiger partial charge on any atom is 0.343 e. The predicted octanol–water partition coefficient (Wildman–Crippen LogP) is 5.15. The fourth-order valence-electron chi connectivity index (χ4n) is 6.42. The van der Waals surface area contributed by atoms with Gasteiger partial charge < -0.3 is 24.4 Å². The Bertz CT molecular complexity index is 1300. The summed E-state index contributed by atoms with van der Waals surface area (Å²) in [4.78, 5) is 30.0. The molecule has 0 saturated heterocycles. The van der Waals surface area contributed by atoms with E-state index in [9.17, 15) is 14.7 Å². The molecule has 0 aromatic heterocycles. The Balaban J connectivity index is 1.58. The molecule has 2 aromatic rings. The van der Waals surface area contributed by atoms with Gasteiger partial charge in [0.1, 0.15) is 5.75 Å². The molecule has 7 nitrogen and oxygen atoms in total. The maximum atomic E-state index is 13.1. The van der Waals surface area contributed by atoms with Crippen LogP contribution < -0.4 is 9.64 Å². The average molecular weight is 567 g/mol. The van der Waals surface area contributed by atoms with Gasteiger partial charge in [0.2, 0.25) is 5.91 Å². The molecular weight excluding hydrogens is 528 g/mol. The number of esters is 1. The normalized spacial score (nSPS) is 25.6. The Morgan fingerprint density at radius 1 is 1.07 bits per heavy atom. The van der Waals surface area contributed by atoms with Crippen molar-refractivity contribution in [3.05, 3.63) is 70.3 Å². The van der Waals surface area contributed by atoms with Crippen molar-refractivity contribution in [2.75, 3.05) is 45.3 Å². The largest absolute Gasteiger partial charge is 0.490 e. The zero-order chi connectivity index (χ0) is 28.3. The number of nitrogens with zero attached hydrogens (tertiary/aromatic N) is 2. The average Bonchev–Trinajstić information content (AvgIpc) is 3.10. The molecule has 0 fully saturated rings. The van der Waals surface area contributed by atoms with Crippen LogP contribution in [-0.4, -0.2) is 62.3 Å². The molecule has 40 heavy (non-hydrogen) atoms. The lowest BCUT2D eigenvalue weighted by Gasteiger charge is -2.41. The molecule has 0 radical (unpaired) electrons. The van der Waals surface area contributed by atoms with Crippen LogP contribution in [0, 0.1) is 0 Å². The van der Waals surface area contributed by atoms with Gasteiger partial charge in [-0.2, -0.15) is 0 Å². The van der Waals surface area contributed by atoms with Gasteiger partial charge in [-0.05, 0) is 85.9 Å². The van der Waals surface area contributed by atoms with Crippen molar-refractivity contribution in [1.82, 2.24) is 4.90 Å². The smallest absolute Gasteiger partial charge is 0.343 e. The number of halogens is 1. The molecule has 1 N–H and O–H groups in total. The van der Waals surface area contributed by atoms with Crippen LogP contribution in [0.15, 0.2) is 48.6 Å². The van der Waals surface area contributed by atoms with Crippen LogP contribution in [0.25, 0.3) is 0 Å². The number of methoxy groups -OCH3 is 1. The topological polar surface area (TPSA) is 79.3 Å². The van der Waals surface area contributed by atoms with E-state index in [-0.39, 0.29) is 11.3 Å². The molecule has 2 aromatic carbocycles. The van der Waals surface area contributed by atoms with Crippen molar-refractivity contribution in [3.63, 3.8) is 0 Å². The number of aryl methyl sites for hydroxylation is 1. The molecule has 2 bridgehead atoms. The number of ether oxygens (including phenoxy) is 2. The van der Waals surface area contributed by atoms with E-state index >= 15 is 0 Å². The van der Waals surface area contributed by atoms with Crippen LogP contribution in [0.2, 0.25) is 5.02 Å². The number of fused-ring (bicyclic) bond motifs is 3. The van der Waals surface area contributed by atoms with Crippen LogP contribution in [0.3, 0.4) is 0 Å². The van der Waals surface area contributed by atoms with E-state index in [2.05, 4.69) is 29.2 Å². The number of rotatable bonds is 1. The molecule has 214 valence electrons. The Morgan fingerprint density at radius 3 is 2.73 bits per heavy atom. The van der Waals surface area contributed by atoms with Crippen molar-refractivity contribution < 1.29 is 24.2 Å². The van der Waals surface area contributed by atoms with E-state index in [1.807, 2.05) is 18.2 Å². The first-order valence-electron chi connectivity index (χ1n) is 14.3. The Hall–Kier alpha value is -3.03. The maximum absolute atomic E-state index is 13.1. The summed E-state index contributed by atoms with van der Waals surface area (Å²) in [7, 11) is 2.92. The van der Waals surface area contributed by atoms with Crippen LogP contribution in [-0.2, 0) is 31.8 Å². The lowest BCUT2D eigenvalue weighted by molar-refractivity contribution is -0.168. The molecule has 3 aliphatic rings.